The molecule has 0 radical (unpaired) electrons. The molecule has 0 unspecified atom stereocenters. The average Bonchev–Trinajstić information content (AvgIpc) is 3.22. The Morgan fingerprint density at radius 2 is 2.00 bits per heavy atom. The molecule has 0 spiro atoms. The van der Waals surface area contributed by atoms with E-state index in [9.17, 15) is 9.59 Å². The van der Waals surface area contributed by atoms with E-state index in [1.165, 1.54) is 17.0 Å². The Hall–Kier alpha value is -3.81. The number of benzene rings is 2. The van der Waals surface area contributed by atoms with Crippen LogP contribution in [0.3, 0.4) is 0 Å². The van der Waals surface area contributed by atoms with Gasteiger partial charge in [-0.25, -0.2) is 4.98 Å². The molecule has 1 N–H and O–H groups in total. The van der Waals surface area contributed by atoms with Crippen molar-refractivity contribution in [2.45, 2.75) is 13.1 Å². The molecule has 2 aromatic carbocycles. The monoisotopic (exact) mass is 393 g/mol. The molecule has 148 valence electrons. The predicted molar refractivity (Wildman–Crippen MR) is 105 cm³/mol. The lowest BCUT2D eigenvalue weighted by Gasteiger charge is -2.10. The molecule has 0 saturated heterocycles. The molecule has 4 rings (SSSR count). The van der Waals surface area contributed by atoms with Crippen molar-refractivity contribution in [3.05, 3.63) is 70.8 Å². The third-order valence-corrected chi connectivity index (χ3v) is 4.53. The van der Waals surface area contributed by atoms with Gasteiger partial charge in [-0.15, -0.1) is 0 Å². The molecular formula is C21H19N3O5. The summed E-state index contributed by atoms with van der Waals surface area (Å²) in [5, 5.41) is 2.79. The molecule has 0 fully saturated rings. The Labute approximate surface area is 166 Å². The average molecular weight is 393 g/mol. The molecule has 8 heteroatoms. The van der Waals surface area contributed by atoms with Crippen molar-refractivity contribution in [3.8, 4) is 28.5 Å². The van der Waals surface area contributed by atoms with Crippen LogP contribution in [0, 0.1) is 0 Å². The fourth-order valence-corrected chi connectivity index (χ4v) is 3.01. The van der Waals surface area contributed by atoms with Crippen molar-refractivity contribution in [1.82, 2.24) is 14.9 Å². The first-order valence-corrected chi connectivity index (χ1v) is 8.99. The maximum Gasteiger partial charge on any atom is 0.254 e. The van der Waals surface area contributed by atoms with Crippen molar-refractivity contribution in [2.24, 2.45) is 0 Å². The van der Waals surface area contributed by atoms with Gasteiger partial charge in [-0.2, -0.15) is 0 Å². The summed E-state index contributed by atoms with van der Waals surface area (Å²) < 4.78 is 17.2. The first-order chi connectivity index (χ1) is 14.1. The van der Waals surface area contributed by atoms with E-state index in [1.54, 1.807) is 25.3 Å². The van der Waals surface area contributed by atoms with Crippen LogP contribution in [0.4, 0.5) is 0 Å². The SMILES string of the molecule is COc1ccccc1CNC(=O)Cn1cnc(-c2ccc3c(c2)OCO3)cc1=O. The molecule has 0 bridgehead atoms. The molecule has 1 aliphatic rings. The first-order valence-electron chi connectivity index (χ1n) is 8.99. The van der Waals surface area contributed by atoms with E-state index in [4.69, 9.17) is 14.2 Å². The number of methoxy groups -OCH3 is 1. The van der Waals surface area contributed by atoms with Gasteiger partial charge in [0.05, 0.1) is 19.1 Å². The summed E-state index contributed by atoms with van der Waals surface area (Å²) in [6.45, 7) is 0.362. The van der Waals surface area contributed by atoms with Crippen LogP contribution in [0.5, 0.6) is 17.2 Å². The summed E-state index contributed by atoms with van der Waals surface area (Å²) in [6, 6.07) is 14.2. The van der Waals surface area contributed by atoms with Gasteiger partial charge in [0.25, 0.3) is 5.56 Å². The number of aromatic nitrogens is 2. The second kappa shape index (κ2) is 8.05. The van der Waals surface area contributed by atoms with Crippen LogP contribution in [0.2, 0.25) is 0 Å². The van der Waals surface area contributed by atoms with Crippen molar-refractivity contribution in [3.63, 3.8) is 0 Å². The molecule has 0 aliphatic carbocycles. The van der Waals surface area contributed by atoms with E-state index >= 15 is 0 Å². The summed E-state index contributed by atoms with van der Waals surface area (Å²) >= 11 is 0. The number of hydrogen-bond acceptors (Lipinski definition) is 6. The Morgan fingerprint density at radius 3 is 2.83 bits per heavy atom. The van der Waals surface area contributed by atoms with Crippen LogP contribution in [0.15, 0.2) is 59.7 Å². The second-order valence-corrected chi connectivity index (χ2v) is 6.40. The van der Waals surface area contributed by atoms with Gasteiger partial charge in [0.1, 0.15) is 12.3 Å². The quantitative estimate of drug-likeness (QED) is 0.688. The maximum atomic E-state index is 12.4. The minimum atomic E-state index is -0.319. The van der Waals surface area contributed by atoms with Crippen LogP contribution >= 0.6 is 0 Å². The molecule has 29 heavy (non-hydrogen) atoms. The second-order valence-electron chi connectivity index (χ2n) is 6.40. The van der Waals surface area contributed by atoms with Crippen LogP contribution in [-0.2, 0) is 17.9 Å². The molecule has 1 aliphatic heterocycles. The van der Waals surface area contributed by atoms with Crippen LogP contribution in [0.1, 0.15) is 5.56 Å². The number of amides is 1. The number of ether oxygens (including phenoxy) is 3. The smallest absolute Gasteiger partial charge is 0.254 e. The van der Waals surface area contributed by atoms with Crippen molar-refractivity contribution in [2.75, 3.05) is 13.9 Å². The van der Waals surface area contributed by atoms with Crippen molar-refractivity contribution < 1.29 is 19.0 Å². The summed E-state index contributed by atoms with van der Waals surface area (Å²) in [5.74, 6) is 1.67. The van der Waals surface area contributed by atoms with E-state index in [2.05, 4.69) is 10.3 Å². The first kappa shape index (κ1) is 18.5. The number of para-hydroxylation sites is 1. The molecule has 0 saturated carbocycles. The minimum absolute atomic E-state index is 0.123. The van der Waals surface area contributed by atoms with Crippen LogP contribution < -0.4 is 25.1 Å². The van der Waals surface area contributed by atoms with E-state index in [0.29, 0.717) is 29.5 Å². The molecule has 0 atom stereocenters. The fraction of sp³-hybridized carbons (Fsp3) is 0.190. The Kier molecular flexibility index (Phi) is 5.15. The van der Waals surface area contributed by atoms with Gasteiger partial charge in [-0.3, -0.25) is 14.2 Å². The predicted octanol–water partition coefficient (Wildman–Crippen LogP) is 1.96. The normalized spacial score (nSPS) is 11.9. The van der Waals surface area contributed by atoms with Gasteiger partial charge >= 0.3 is 0 Å². The topological polar surface area (TPSA) is 91.7 Å². The van der Waals surface area contributed by atoms with Crippen molar-refractivity contribution in [1.29, 1.82) is 0 Å². The Bertz CT molecular complexity index is 1110. The van der Waals surface area contributed by atoms with Gasteiger partial charge in [0, 0.05) is 23.7 Å². The Morgan fingerprint density at radius 1 is 1.17 bits per heavy atom. The number of fused-ring (bicyclic) bond motifs is 1. The van der Waals surface area contributed by atoms with Gasteiger partial charge in [0.15, 0.2) is 11.5 Å². The van der Waals surface area contributed by atoms with Crippen LogP contribution in [-0.4, -0.2) is 29.4 Å². The van der Waals surface area contributed by atoms with Gasteiger partial charge in [-0.05, 0) is 24.3 Å². The molecule has 2 heterocycles. The van der Waals surface area contributed by atoms with Gasteiger partial charge < -0.3 is 19.5 Å². The number of nitrogens with one attached hydrogen (secondary N) is 1. The van der Waals surface area contributed by atoms with E-state index in [-0.39, 0.29) is 24.8 Å². The number of nitrogens with zero attached hydrogens (tertiary/aromatic N) is 2. The lowest BCUT2D eigenvalue weighted by molar-refractivity contribution is -0.121. The number of carbonyl (C=O) groups excluding carboxylic acids is 1. The van der Waals surface area contributed by atoms with Gasteiger partial charge in [0.2, 0.25) is 12.7 Å². The van der Waals surface area contributed by atoms with Gasteiger partial charge in [-0.1, -0.05) is 18.2 Å². The number of rotatable bonds is 6. The third-order valence-electron chi connectivity index (χ3n) is 4.53. The lowest BCUT2D eigenvalue weighted by atomic mass is 10.1. The maximum absolute atomic E-state index is 12.4. The molecule has 1 aromatic heterocycles. The standard InChI is InChI=1S/C21H19N3O5/c1-27-17-5-3-2-4-15(17)10-22-20(25)11-24-12-23-16(9-21(24)26)14-6-7-18-19(8-14)29-13-28-18/h2-9,12H,10-11,13H2,1H3,(H,22,25). The highest BCUT2D eigenvalue weighted by atomic mass is 16.7. The zero-order valence-electron chi connectivity index (χ0n) is 15.8. The van der Waals surface area contributed by atoms with Crippen molar-refractivity contribution >= 4 is 5.91 Å². The number of carbonyl (C=O) groups is 1. The molecule has 3 aromatic rings. The summed E-state index contributed by atoms with van der Waals surface area (Å²) in [4.78, 5) is 29.0. The highest BCUT2D eigenvalue weighted by Gasteiger charge is 2.15. The minimum Gasteiger partial charge on any atom is -0.496 e. The largest absolute Gasteiger partial charge is 0.496 e. The van der Waals surface area contributed by atoms with E-state index in [0.717, 1.165) is 11.1 Å². The highest BCUT2D eigenvalue weighted by Crippen LogP contribution is 2.35. The number of hydrogen-bond donors (Lipinski definition) is 1. The summed E-state index contributed by atoms with van der Waals surface area (Å²) in [5.41, 5.74) is 1.77. The Balaban J connectivity index is 1.43. The fourth-order valence-electron chi connectivity index (χ4n) is 3.01. The third kappa shape index (κ3) is 4.06. The molecular weight excluding hydrogens is 374 g/mol. The van der Waals surface area contributed by atoms with E-state index < -0.39 is 0 Å². The molecule has 1 amide bonds. The zero-order chi connectivity index (χ0) is 20.2. The summed E-state index contributed by atoms with van der Waals surface area (Å²) in [6.07, 6.45) is 1.37. The molecule has 8 nitrogen and oxygen atoms in total. The zero-order valence-corrected chi connectivity index (χ0v) is 15.8. The van der Waals surface area contributed by atoms with Crippen LogP contribution in [0.25, 0.3) is 11.3 Å². The summed E-state index contributed by atoms with van der Waals surface area (Å²) in [7, 11) is 1.58. The lowest BCUT2D eigenvalue weighted by Crippen LogP contribution is -2.32. The highest BCUT2D eigenvalue weighted by molar-refractivity contribution is 5.75. The van der Waals surface area contributed by atoms with E-state index in [1.807, 2.05) is 24.3 Å².